The van der Waals surface area contributed by atoms with Gasteiger partial charge in [0.15, 0.2) is 5.82 Å². The van der Waals surface area contributed by atoms with Crippen LogP contribution in [0.4, 0.5) is 5.82 Å². The molecule has 0 unspecified atom stereocenters. The number of rotatable bonds is 2. The van der Waals surface area contributed by atoms with E-state index in [1.54, 1.807) is 0 Å². The van der Waals surface area contributed by atoms with Gasteiger partial charge in [0.2, 0.25) is 5.91 Å². The molecule has 1 amide bonds. The zero-order valence-electron chi connectivity index (χ0n) is 9.02. The number of fused-ring (bicyclic) bond motifs is 1. The van der Waals surface area contributed by atoms with Crippen molar-refractivity contribution in [3.8, 4) is 5.88 Å². The molecule has 16 heavy (non-hydrogen) atoms. The summed E-state index contributed by atoms with van der Waals surface area (Å²) >= 11 is 0. The minimum Gasteiger partial charge on any atom is -0.478 e. The van der Waals surface area contributed by atoms with Crippen LogP contribution in [0.3, 0.4) is 0 Å². The lowest BCUT2D eigenvalue weighted by atomic mass is 10.3. The van der Waals surface area contributed by atoms with Crippen molar-refractivity contribution in [3.05, 3.63) is 24.3 Å². The van der Waals surface area contributed by atoms with E-state index < -0.39 is 0 Å². The Kier molecular flexibility index (Phi) is 2.68. The highest BCUT2D eigenvalue weighted by atomic mass is 16.5. The van der Waals surface area contributed by atoms with E-state index in [1.807, 2.05) is 24.3 Å². The van der Waals surface area contributed by atoms with Gasteiger partial charge in [-0.2, -0.15) is 0 Å². The van der Waals surface area contributed by atoms with E-state index in [4.69, 9.17) is 4.74 Å². The maximum Gasteiger partial charge on any atom is 0.258 e. The second-order valence-corrected chi connectivity index (χ2v) is 3.25. The van der Waals surface area contributed by atoms with E-state index in [-0.39, 0.29) is 5.91 Å². The molecule has 1 N–H and O–H groups in total. The number of ether oxygens (including phenoxy) is 1. The molecule has 1 aromatic carbocycles. The third-order valence-electron chi connectivity index (χ3n) is 2.03. The molecule has 1 aromatic heterocycles. The summed E-state index contributed by atoms with van der Waals surface area (Å²) in [5.41, 5.74) is 1.44. The van der Waals surface area contributed by atoms with E-state index in [9.17, 15) is 4.79 Å². The first-order chi connectivity index (χ1) is 7.70. The molecule has 5 heteroatoms. The van der Waals surface area contributed by atoms with Gasteiger partial charge in [-0.3, -0.25) is 4.79 Å². The number of amides is 1. The van der Waals surface area contributed by atoms with Gasteiger partial charge in [-0.1, -0.05) is 12.1 Å². The Hall–Kier alpha value is -2.17. The van der Waals surface area contributed by atoms with Crippen molar-refractivity contribution >= 4 is 22.8 Å². The molecule has 0 atom stereocenters. The monoisotopic (exact) mass is 217 g/mol. The Labute approximate surface area is 92.5 Å². The third-order valence-corrected chi connectivity index (χ3v) is 2.03. The van der Waals surface area contributed by atoms with E-state index >= 15 is 0 Å². The van der Waals surface area contributed by atoms with Crippen molar-refractivity contribution in [1.82, 2.24) is 9.97 Å². The Bertz CT molecular complexity index is 540. The second-order valence-electron chi connectivity index (χ2n) is 3.25. The molecule has 0 saturated carbocycles. The molecule has 0 radical (unpaired) electrons. The van der Waals surface area contributed by atoms with Gasteiger partial charge in [-0.05, 0) is 12.1 Å². The summed E-state index contributed by atoms with van der Waals surface area (Å²) in [6.45, 7) is 1.41. The number of methoxy groups -OCH3 is 1. The molecular weight excluding hydrogens is 206 g/mol. The Morgan fingerprint density at radius 1 is 1.25 bits per heavy atom. The van der Waals surface area contributed by atoms with Crippen LogP contribution in [0, 0.1) is 0 Å². The van der Waals surface area contributed by atoms with Gasteiger partial charge in [0.1, 0.15) is 0 Å². The zero-order valence-corrected chi connectivity index (χ0v) is 9.02. The smallest absolute Gasteiger partial charge is 0.258 e. The van der Waals surface area contributed by atoms with Crippen molar-refractivity contribution in [1.29, 1.82) is 0 Å². The molecule has 0 spiro atoms. The van der Waals surface area contributed by atoms with Crippen LogP contribution in [-0.2, 0) is 4.79 Å². The zero-order chi connectivity index (χ0) is 11.5. The number of para-hydroxylation sites is 2. The van der Waals surface area contributed by atoms with Crippen molar-refractivity contribution in [2.24, 2.45) is 0 Å². The van der Waals surface area contributed by atoms with Crippen molar-refractivity contribution in [3.63, 3.8) is 0 Å². The van der Waals surface area contributed by atoms with Crippen LogP contribution in [0.2, 0.25) is 0 Å². The van der Waals surface area contributed by atoms with E-state index in [1.165, 1.54) is 14.0 Å². The summed E-state index contributed by atoms with van der Waals surface area (Å²) in [6, 6.07) is 7.39. The Morgan fingerprint density at radius 3 is 2.44 bits per heavy atom. The molecule has 1 heterocycles. The Morgan fingerprint density at radius 2 is 1.88 bits per heavy atom. The van der Waals surface area contributed by atoms with Crippen molar-refractivity contribution < 1.29 is 9.53 Å². The third kappa shape index (κ3) is 1.93. The van der Waals surface area contributed by atoms with Crippen LogP contribution >= 0.6 is 0 Å². The Balaban J connectivity index is 2.58. The molecule has 2 rings (SSSR count). The standard InChI is InChI=1S/C11H11N3O2/c1-7(15)12-10-11(16-2)14-9-6-4-3-5-8(9)13-10/h3-6H,1-2H3,(H,12,13,15). The van der Waals surface area contributed by atoms with Crippen LogP contribution in [0.25, 0.3) is 11.0 Å². The fourth-order valence-electron chi connectivity index (χ4n) is 1.37. The lowest BCUT2D eigenvalue weighted by Gasteiger charge is -2.07. The van der Waals surface area contributed by atoms with Gasteiger partial charge >= 0.3 is 0 Å². The molecule has 0 saturated heterocycles. The van der Waals surface area contributed by atoms with E-state index in [0.717, 1.165) is 5.52 Å². The molecule has 82 valence electrons. The van der Waals surface area contributed by atoms with E-state index in [2.05, 4.69) is 15.3 Å². The maximum atomic E-state index is 11.0. The molecule has 0 bridgehead atoms. The van der Waals surface area contributed by atoms with Gasteiger partial charge in [0.25, 0.3) is 5.88 Å². The molecular formula is C11H11N3O2. The van der Waals surface area contributed by atoms with Crippen LogP contribution in [-0.4, -0.2) is 23.0 Å². The summed E-state index contributed by atoms with van der Waals surface area (Å²) in [5.74, 6) is 0.450. The number of nitrogens with zero attached hydrogens (tertiary/aromatic N) is 2. The number of anilines is 1. The summed E-state index contributed by atoms with van der Waals surface area (Å²) in [4.78, 5) is 19.5. The predicted octanol–water partition coefficient (Wildman–Crippen LogP) is 1.60. The predicted molar refractivity (Wildman–Crippen MR) is 60.4 cm³/mol. The highest BCUT2D eigenvalue weighted by Gasteiger charge is 2.09. The lowest BCUT2D eigenvalue weighted by Crippen LogP contribution is -2.09. The molecule has 5 nitrogen and oxygen atoms in total. The normalized spacial score (nSPS) is 10.1. The van der Waals surface area contributed by atoms with Crippen LogP contribution in [0.5, 0.6) is 5.88 Å². The van der Waals surface area contributed by atoms with Crippen LogP contribution < -0.4 is 10.1 Å². The molecule has 0 aliphatic heterocycles. The quantitative estimate of drug-likeness (QED) is 0.829. The fraction of sp³-hybridized carbons (Fsp3) is 0.182. The second kappa shape index (κ2) is 4.14. The largest absolute Gasteiger partial charge is 0.478 e. The summed E-state index contributed by atoms with van der Waals surface area (Å²) in [6.07, 6.45) is 0. The number of carbonyl (C=O) groups excluding carboxylic acids is 1. The molecule has 2 aromatic rings. The number of aromatic nitrogens is 2. The first-order valence-corrected chi connectivity index (χ1v) is 4.79. The highest BCUT2D eigenvalue weighted by molar-refractivity contribution is 5.90. The molecule has 0 aliphatic carbocycles. The number of hydrogen-bond acceptors (Lipinski definition) is 4. The summed E-state index contributed by atoms with van der Waals surface area (Å²) < 4.78 is 5.07. The number of benzene rings is 1. The van der Waals surface area contributed by atoms with Gasteiger partial charge < -0.3 is 10.1 Å². The van der Waals surface area contributed by atoms with Gasteiger partial charge in [-0.15, -0.1) is 0 Å². The van der Waals surface area contributed by atoms with Gasteiger partial charge in [0.05, 0.1) is 18.1 Å². The average Bonchev–Trinajstić information content (AvgIpc) is 2.27. The number of nitrogens with one attached hydrogen (secondary N) is 1. The number of carbonyl (C=O) groups is 1. The summed E-state index contributed by atoms with van der Waals surface area (Å²) in [7, 11) is 1.49. The number of hydrogen-bond donors (Lipinski definition) is 1. The topological polar surface area (TPSA) is 64.1 Å². The van der Waals surface area contributed by atoms with Crippen molar-refractivity contribution in [2.45, 2.75) is 6.92 Å². The lowest BCUT2D eigenvalue weighted by molar-refractivity contribution is -0.114. The first kappa shape index (κ1) is 10.4. The minimum atomic E-state index is -0.206. The van der Waals surface area contributed by atoms with Gasteiger partial charge in [0, 0.05) is 6.92 Å². The molecule has 0 aliphatic rings. The van der Waals surface area contributed by atoms with Crippen molar-refractivity contribution in [2.75, 3.05) is 12.4 Å². The SMILES string of the molecule is COc1nc2ccccc2nc1NC(C)=O. The summed E-state index contributed by atoms with van der Waals surface area (Å²) in [5, 5.41) is 2.58. The maximum absolute atomic E-state index is 11.0. The fourth-order valence-corrected chi connectivity index (χ4v) is 1.37. The molecule has 0 fully saturated rings. The average molecular weight is 217 g/mol. The van der Waals surface area contributed by atoms with Crippen LogP contribution in [0.1, 0.15) is 6.92 Å². The van der Waals surface area contributed by atoms with Crippen LogP contribution in [0.15, 0.2) is 24.3 Å². The van der Waals surface area contributed by atoms with Gasteiger partial charge in [-0.25, -0.2) is 9.97 Å². The van der Waals surface area contributed by atoms with E-state index in [0.29, 0.717) is 17.2 Å². The highest BCUT2D eigenvalue weighted by Crippen LogP contribution is 2.22. The minimum absolute atomic E-state index is 0.206. The first-order valence-electron chi connectivity index (χ1n) is 4.79.